The van der Waals surface area contributed by atoms with Crippen molar-refractivity contribution in [3.05, 3.63) is 0 Å². The largest absolute Gasteiger partial charge is 0.480 e. The van der Waals surface area contributed by atoms with Crippen LogP contribution in [0.4, 0.5) is 0 Å². The molecule has 1 amide bonds. The molecule has 2 N–H and O–H groups in total. The monoisotopic (exact) mass is 281 g/mol. The van der Waals surface area contributed by atoms with Crippen molar-refractivity contribution in [1.82, 2.24) is 5.32 Å². The normalized spacial score (nSPS) is 23.8. The fourth-order valence-electron chi connectivity index (χ4n) is 3.66. The molecule has 0 saturated heterocycles. The number of hydrogen-bond donors (Lipinski definition) is 2. The number of hydrogen-bond acceptors (Lipinski definition) is 2. The molecule has 0 spiro atoms. The number of rotatable bonds is 4. The minimum Gasteiger partial charge on any atom is -0.480 e. The predicted octanol–water partition coefficient (Wildman–Crippen LogP) is 3.11. The van der Waals surface area contributed by atoms with Gasteiger partial charge >= 0.3 is 5.97 Å². The van der Waals surface area contributed by atoms with E-state index in [0.717, 1.165) is 51.4 Å². The Kier molecular flexibility index (Phi) is 5.86. The number of carbonyl (C=O) groups is 2. The maximum atomic E-state index is 12.3. The van der Waals surface area contributed by atoms with Gasteiger partial charge in [-0.05, 0) is 31.6 Å². The Morgan fingerprint density at radius 1 is 0.850 bits per heavy atom. The lowest BCUT2D eigenvalue weighted by atomic mass is 9.83. The summed E-state index contributed by atoms with van der Waals surface area (Å²) < 4.78 is 0. The van der Waals surface area contributed by atoms with Crippen LogP contribution in [-0.4, -0.2) is 23.0 Å². The number of amides is 1. The van der Waals surface area contributed by atoms with Crippen LogP contribution in [0.15, 0.2) is 0 Å². The molecule has 1 atom stereocenters. The molecule has 0 bridgehead atoms. The lowest BCUT2D eigenvalue weighted by Crippen LogP contribution is -2.48. The van der Waals surface area contributed by atoms with Gasteiger partial charge in [0, 0.05) is 5.92 Å². The maximum Gasteiger partial charge on any atom is 0.326 e. The van der Waals surface area contributed by atoms with E-state index in [-0.39, 0.29) is 17.7 Å². The minimum absolute atomic E-state index is 0.0233. The molecule has 4 heteroatoms. The highest BCUT2D eigenvalue weighted by molar-refractivity contribution is 5.85. The molecule has 20 heavy (non-hydrogen) atoms. The van der Waals surface area contributed by atoms with Crippen LogP contribution in [0.3, 0.4) is 0 Å². The first-order valence-electron chi connectivity index (χ1n) is 8.21. The second kappa shape index (κ2) is 7.65. The molecule has 0 aliphatic heterocycles. The summed E-state index contributed by atoms with van der Waals surface area (Å²) in [6.07, 6.45) is 11.7. The molecular formula is C16H27NO3. The van der Waals surface area contributed by atoms with Gasteiger partial charge in [0.25, 0.3) is 0 Å². The van der Waals surface area contributed by atoms with E-state index in [9.17, 15) is 14.7 Å². The van der Waals surface area contributed by atoms with Crippen molar-refractivity contribution in [3.63, 3.8) is 0 Å². The molecule has 0 radical (unpaired) electrons. The highest BCUT2D eigenvalue weighted by Crippen LogP contribution is 2.28. The van der Waals surface area contributed by atoms with Gasteiger partial charge in [-0.3, -0.25) is 4.79 Å². The molecule has 0 aromatic rings. The number of carbonyl (C=O) groups excluding carboxylic acids is 1. The molecule has 1 unspecified atom stereocenters. The van der Waals surface area contributed by atoms with Crippen molar-refractivity contribution >= 4 is 11.9 Å². The summed E-state index contributed by atoms with van der Waals surface area (Å²) in [4.78, 5) is 23.8. The molecule has 4 nitrogen and oxygen atoms in total. The first-order valence-corrected chi connectivity index (χ1v) is 8.21. The van der Waals surface area contributed by atoms with Crippen molar-refractivity contribution < 1.29 is 14.7 Å². The summed E-state index contributed by atoms with van der Waals surface area (Å²) in [5.74, 6) is -0.734. The fraction of sp³-hybridized carbons (Fsp3) is 0.875. The Labute approximate surface area is 121 Å². The molecule has 0 heterocycles. The van der Waals surface area contributed by atoms with Crippen LogP contribution in [0, 0.1) is 11.8 Å². The Morgan fingerprint density at radius 2 is 1.35 bits per heavy atom. The Balaban J connectivity index is 1.92. The quantitative estimate of drug-likeness (QED) is 0.778. The van der Waals surface area contributed by atoms with Crippen LogP contribution in [0.1, 0.15) is 70.6 Å². The predicted molar refractivity (Wildman–Crippen MR) is 77.3 cm³/mol. The Hall–Kier alpha value is -1.06. The van der Waals surface area contributed by atoms with Crippen molar-refractivity contribution in [2.24, 2.45) is 11.8 Å². The van der Waals surface area contributed by atoms with Crippen molar-refractivity contribution in [1.29, 1.82) is 0 Å². The standard InChI is InChI=1S/C16H27NO3/c18-15(13-10-4-1-2-5-11-13)17-14(16(19)20)12-8-6-3-7-9-12/h12-14H,1-11H2,(H,17,18)(H,19,20). The van der Waals surface area contributed by atoms with Crippen LogP contribution in [0.5, 0.6) is 0 Å². The first-order chi connectivity index (χ1) is 9.68. The molecule has 0 aromatic heterocycles. The van der Waals surface area contributed by atoms with Crippen molar-refractivity contribution in [2.75, 3.05) is 0 Å². The molecular weight excluding hydrogens is 254 g/mol. The molecule has 0 aromatic carbocycles. The summed E-state index contributed by atoms with van der Waals surface area (Å²) in [6.45, 7) is 0. The van der Waals surface area contributed by atoms with Crippen LogP contribution >= 0.6 is 0 Å². The van der Waals surface area contributed by atoms with E-state index in [1.165, 1.54) is 19.3 Å². The van der Waals surface area contributed by atoms with E-state index in [1.54, 1.807) is 0 Å². The topological polar surface area (TPSA) is 66.4 Å². The van der Waals surface area contributed by atoms with Gasteiger partial charge in [0.2, 0.25) is 5.91 Å². The Morgan fingerprint density at radius 3 is 1.90 bits per heavy atom. The molecule has 2 aliphatic rings. The van der Waals surface area contributed by atoms with Crippen LogP contribution in [0.25, 0.3) is 0 Å². The van der Waals surface area contributed by atoms with Gasteiger partial charge in [0.1, 0.15) is 6.04 Å². The highest BCUT2D eigenvalue weighted by atomic mass is 16.4. The molecule has 2 rings (SSSR count). The molecule has 2 aliphatic carbocycles. The summed E-state index contributed by atoms with van der Waals surface area (Å²) in [7, 11) is 0. The summed E-state index contributed by atoms with van der Waals surface area (Å²) >= 11 is 0. The smallest absolute Gasteiger partial charge is 0.326 e. The number of nitrogens with one attached hydrogen (secondary N) is 1. The van der Waals surface area contributed by atoms with Crippen molar-refractivity contribution in [3.8, 4) is 0 Å². The molecule has 114 valence electrons. The zero-order valence-corrected chi connectivity index (χ0v) is 12.3. The third kappa shape index (κ3) is 4.22. The van der Waals surface area contributed by atoms with Gasteiger partial charge < -0.3 is 10.4 Å². The average molecular weight is 281 g/mol. The lowest BCUT2D eigenvalue weighted by Gasteiger charge is -2.29. The van der Waals surface area contributed by atoms with Crippen LogP contribution in [0.2, 0.25) is 0 Å². The SMILES string of the molecule is O=C(NC(C(=O)O)C1CCCCC1)C1CCCCCC1. The van der Waals surface area contributed by atoms with Crippen molar-refractivity contribution in [2.45, 2.75) is 76.7 Å². The van der Waals surface area contributed by atoms with Gasteiger partial charge in [-0.1, -0.05) is 44.9 Å². The second-order valence-electron chi connectivity index (χ2n) is 6.41. The number of carboxylic acids is 1. The van der Waals surface area contributed by atoms with Gasteiger partial charge in [0.15, 0.2) is 0 Å². The van der Waals surface area contributed by atoms with Crippen LogP contribution in [-0.2, 0) is 9.59 Å². The zero-order valence-electron chi connectivity index (χ0n) is 12.3. The summed E-state index contributed by atoms with van der Waals surface area (Å²) in [5, 5.41) is 12.3. The summed E-state index contributed by atoms with van der Waals surface area (Å²) in [5.41, 5.74) is 0. The maximum absolute atomic E-state index is 12.3. The second-order valence-corrected chi connectivity index (χ2v) is 6.41. The average Bonchev–Trinajstić information content (AvgIpc) is 2.74. The third-order valence-corrected chi connectivity index (χ3v) is 4.91. The summed E-state index contributed by atoms with van der Waals surface area (Å²) in [6, 6.07) is -0.675. The zero-order chi connectivity index (χ0) is 14.4. The van der Waals surface area contributed by atoms with Gasteiger partial charge in [-0.25, -0.2) is 4.79 Å². The van der Waals surface area contributed by atoms with E-state index in [0.29, 0.717) is 0 Å². The van der Waals surface area contributed by atoms with E-state index in [2.05, 4.69) is 5.32 Å². The van der Waals surface area contributed by atoms with E-state index >= 15 is 0 Å². The van der Waals surface area contributed by atoms with Gasteiger partial charge in [0.05, 0.1) is 0 Å². The molecule has 2 saturated carbocycles. The fourth-order valence-corrected chi connectivity index (χ4v) is 3.66. The molecule has 2 fully saturated rings. The minimum atomic E-state index is -0.862. The third-order valence-electron chi connectivity index (χ3n) is 4.91. The van der Waals surface area contributed by atoms with E-state index < -0.39 is 12.0 Å². The lowest BCUT2D eigenvalue weighted by molar-refractivity contribution is -0.144. The van der Waals surface area contributed by atoms with Gasteiger partial charge in [-0.2, -0.15) is 0 Å². The van der Waals surface area contributed by atoms with E-state index in [4.69, 9.17) is 0 Å². The number of carboxylic acid groups (broad SMARTS) is 1. The Bertz CT molecular complexity index is 329. The highest BCUT2D eigenvalue weighted by Gasteiger charge is 2.32. The van der Waals surface area contributed by atoms with Crippen LogP contribution < -0.4 is 5.32 Å². The number of aliphatic carboxylic acids is 1. The van der Waals surface area contributed by atoms with E-state index in [1.807, 2.05) is 0 Å². The van der Waals surface area contributed by atoms with Gasteiger partial charge in [-0.15, -0.1) is 0 Å². The first kappa shape index (κ1) is 15.3.